The summed E-state index contributed by atoms with van der Waals surface area (Å²) in [7, 11) is -3.75. The minimum Gasteiger partial charge on any atom is -0.468 e. The van der Waals surface area contributed by atoms with E-state index in [1.54, 1.807) is 25.1 Å². The van der Waals surface area contributed by atoms with Gasteiger partial charge >= 0.3 is 5.97 Å². The Bertz CT molecular complexity index is 766. The summed E-state index contributed by atoms with van der Waals surface area (Å²) in [6.07, 6.45) is 2.17. The predicted octanol–water partition coefficient (Wildman–Crippen LogP) is 2.63. The molecule has 0 bridgehead atoms. The van der Waals surface area contributed by atoms with Crippen LogP contribution in [-0.2, 0) is 21.3 Å². The molecule has 0 unspecified atom stereocenters. The van der Waals surface area contributed by atoms with Gasteiger partial charge in [-0.25, -0.2) is 17.9 Å². The first-order valence-corrected chi connectivity index (χ1v) is 8.72. The van der Waals surface area contributed by atoms with E-state index in [-0.39, 0.29) is 17.0 Å². The molecule has 0 aliphatic rings. The summed E-state index contributed by atoms with van der Waals surface area (Å²) >= 11 is 0. The Hall–Kier alpha value is -2.12. The SMILES string of the molecule is CCCOC(=O)c1cc(S(=O)(=O)NCc2ccco2)ccc1C. The zero-order valence-corrected chi connectivity index (χ0v) is 13.9. The highest BCUT2D eigenvalue weighted by Gasteiger charge is 2.19. The van der Waals surface area contributed by atoms with Gasteiger partial charge in [0.05, 0.1) is 29.9 Å². The van der Waals surface area contributed by atoms with Gasteiger partial charge in [-0.2, -0.15) is 0 Å². The van der Waals surface area contributed by atoms with Crippen LogP contribution in [-0.4, -0.2) is 21.0 Å². The molecule has 0 amide bonds. The van der Waals surface area contributed by atoms with Gasteiger partial charge < -0.3 is 9.15 Å². The van der Waals surface area contributed by atoms with Crippen molar-refractivity contribution < 1.29 is 22.4 Å². The second-order valence-electron chi connectivity index (χ2n) is 5.02. The van der Waals surface area contributed by atoms with Crippen LogP contribution < -0.4 is 4.72 Å². The lowest BCUT2D eigenvalue weighted by atomic mass is 10.1. The van der Waals surface area contributed by atoms with Gasteiger partial charge in [-0.15, -0.1) is 0 Å². The number of benzene rings is 1. The van der Waals surface area contributed by atoms with Crippen molar-refractivity contribution in [2.24, 2.45) is 0 Å². The molecule has 1 heterocycles. The van der Waals surface area contributed by atoms with Crippen molar-refractivity contribution in [3.05, 3.63) is 53.5 Å². The molecule has 1 aromatic carbocycles. The standard InChI is InChI=1S/C16H19NO5S/c1-3-8-22-16(18)15-10-14(7-6-12(15)2)23(19,20)17-11-13-5-4-9-21-13/h4-7,9-10,17H,3,8,11H2,1-2H3. The highest BCUT2D eigenvalue weighted by molar-refractivity contribution is 7.89. The summed E-state index contributed by atoms with van der Waals surface area (Å²) in [5, 5.41) is 0. The summed E-state index contributed by atoms with van der Waals surface area (Å²) < 4.78 is 37.2. The van der Waals surface area contributed by atoms with Crippen LogP contribution in [0, 0.1) is 6.92 Å². The normalized spacial score (nSPS) is 11.4. The molecule has 0 radical (unpaired) electrons. The van der Waals surface area contributed by atoms with Gasteiger partial charge in [-0.1, -0.05) is 13.0 Å². The highest BCUT2D eigenvalue weighted by Crippen LogP contribution is 2.17. The van der Waals surface area contributed by atoms with E-state index in [1.807, 2.05) is 6.92 Å². The zero-order chi connectivity index (χ0) is 16.9. The smallest absolute Gasteiger partial charge is 0.338 e. The van der Waals surface area contributed by atoms with E-state index in [0.717, 1.165) is 0 Å². The molecule has 0 aliphatic heterocycles. The van der Waals surface area contributed by atoms with Gasteiger partial charge in [0.2, 0.25) is 10.0 Å². The van der Waals surface area contributed by atoms with E-state index in [0.29, 0.717) is 24.4 Å². The lowest BCUT2D eigenvalue weighted by molar-refractivity contribution is 0.0504. The first kappa shape index (κ1) is 17.2. The van der Waals surface area contributed by atoms with Crippen molar-refractivity contribution in [3.8, 4) is 0 Å². The molecule has 0 fully saturated rings. The summed E-state index contributed by atoms with van der Waals surface area (Å²) in [6, 6.07) is 7.72. The molecule has 0 aliphatic carbocycles. The number of rotatable bonds is 7. The fourth-order valence-corrected chi connectivity index (χ4v) is 2.94. The largest absolute Gasteiger partial charge is 0.468 e. The first-order chi connectivity index (χ1) is 10.9. The molecule has 2 aromatic rings. The minimum absolute atomic E-state index is 0.0121. The molecule has 124 valence electrons. The Labute approximate surface area is 135 Å². The number of aryl methyl sites for hydroxylation is 1. The topological polar surface area (TPSA) is 85.6 Å². The fourth-order valence-electron chi connectivity index (χ4n) is 1.92. The minimum atomic E-state index is -3.75. The van der Waals surface area contributed by atoms with Crippen LogP contribution >= 0.6 is 0 Å². The van der Waals surface area contributed by atoms with Crippen molar-refractivity contribution in [1.29, 1.82) is 0 Å². The number of hydrogen-bond acceptors (Lipinski definition) is 5. The maximum atomic E-state index is 12.3. The van der Waals surface area contributed by atoms with Gasteiger partial charge in [-0.05, 0) is 43.2 Å². The van der Waals surface area contributed by atoms with E-state index in [2.05, 4.69) is 4.72 Å². The van der Waals surface area contributed by atoms with Crippen molar-refractivity contribution >= 4 is 16.0 Å². The Morgan fingerprint density at radius 3 is 2.74 bits per heavy atom. The molecule has 0 spiro atoms. The molecule has 1 N–H and O–H groups in total. The lowest BCUT2D eigenvalue weighted by Crippen LogP contribution is -2.23. The molecular weight excluding hydrogens is 318 g/mol. The molecule has 1 aromatic heterocycles. The van der Waals surface area contributed by atoms with Crippen LogP contribution in [0.2, 0.25) is 0 Å². The Balaban J connectivity index is 2.19. The number of furan rings is 1. The number of nitrogens with one attached hydrogen (secondary N) is 1. The monoisotopic (exact) mass is 337 g/mol. The number of ether oxygens (including phenoxy) is 1. The predicted molar refractivity (Wildman–Crippen MR) is 84.5 cm³/mol. The molecule has 23 heavy (non-hydrogen) atoms. The van der Waals surface area contributed by atoms with Crippen molar-refractivity contribution in [2.75, 3.05) is 6.61 Å². The fraction of sp³-hybridized carbons (Fsp3) is 0.312. The van der Waals surface area contributed by atoms with Crippen LogP contribution in [0.25, 0.3) is 0 Å². The Morgan fingerprint density at radius 1 is 1.30 bits per heavy atom. The summed E-state index contributed by atoms with van der Waals surface area (Å²) in [6.45, 7) is 3.96. The Kier molecular flexibility index (Phi) is 5.57. The van der Waals surface area contributed by atoms with Crippen LogP contribution in [0.1, 0.15) is 35.0 Å². The molecule has 2 rings (SSSR count). The quantitative estimate of drug-likeness (QED) is 0.785. The summed E-state index contributed by atoms with van der Waals surface area (Å²) in [4.78, 5) is 12.0. The zero-order valence-electron chi connectivity index (χ0n) is 13.0. The third-order valence-corrected chi connectivity index (χ3v) is 4.59. The third-order valence-electron chi connectivity index (χ3n) is 3.19. The number of hydrogen-bond donors (Lipinski definition) is 1. The van der Waals surface area contributed by atoms with E-state index < -0.39 is 16.0 Å². The number of sulfonamides is 1. The molecule has 6 nitrogen and oxygen atoms in total. The van der Waals surface area contributed by atoms with Gasteiger partial charge in [-0.3, -0.25) is 0 Å². The summed E-state index contributed by atoms with van der Waals surface area (Å²) in [5.41, 5.74) is 0.912. The molecule has 0 atom stereocenters. The van der Waals surface area contributed by atoms with Crippen LogP contribution in [0.15, 0.2) is 45.9 Å². The van der Waals surface area contributed by atoms with Gasteiger partial charge in [0.25, 0.3) is 0 Å². The van der Waals surface area contributed by atoms with E-state index in [4.69, 9.17) is 9.15 Å². The highest BCUT2D eigenvalue weighted by atomic mass is 32.2. The van der Waals surface area contributed by atoms with Crippen molar-refractivity contribution in [2.45, 2.75) is 31.7 Å². The molecule has 0 saturated carbocycles. The van der Waals surface area contributed by atoms with Gasteiger partial charge in [0.1, 0.15) is 5.76 Å². The Morgan fingerprint density at radius 2 is 2.09 bits per heavy atom. The van der Waals surface area contributed by atoms with Gasteiger partial charge in [0.15, 0.2) is 0 Å². The summed E-state index contributed by atoms with van der Waals surface area (Å²) in [5.74, 6) is -0.0179. The first-order valence-electron chi connectivity index (χ1n) is 7.24. The molecule has 7 heteroatoms. The van der Waals surface area contributed by atoms with E-state index in [9.17, 15) is 13.2 Å². The van der Waals surface area contributed by atoms with Gasteiger partial charge in [0, 0.05) is 0 Å². The van der Waals surface area contributed by atoms with Crippen molar-refractivity contribution in [3.63, 3.8) is 0 Å². The average molecular weight is 337 g/mol. The maximum Gasteiger partial charge on any atom is 0.338 e. The maximum absolute atomic E-state index is 12.3. The number of esters is 1. The third kappa shape index (κ3) is 4.43. The van der Waals surface area contributed by atoms with E-state index >= 15 is 0 Å². The van der Waals surface area contributed by atoms with Crippen LogP contribution in [0.3, 0.4) is 0 Å². The van der Waals surface area contributed by atoms with E-state index in [1.165, 1.54) is 18.4 Å². The number of carbonyl (C=O) groups excluding carboxylic acids is 1. The van der Waals surface area contributed by atoms with Crippen LogP contribution in [0.4, 0.5) is 0 Å². The van der Waals surface area contributed by atoms with Crippen molar-refractivity contribution in [1.82, 2.24) is 4.72 Å². The van der Waals surface area contributed by atoms with Crippen LogP contribution in [0.5, 0.6) is 0 Å². The average Bonchev–Trinajstić information content (AvgIpc) is 3.04. The molecular formula is C16H19NO5S. The second kappa shape index (κ2) is 7.43. The molecule has 0 saturated heterocycles. The second-order valence-corrected chi connectivity index (χ2v) is 6.78. The lowest BCUT2D eigenvalue weighted by Gasteiger charge is -2.10. The number of carbonyl (C=O) groups is 1.